The van der Waals surface area contributed by atoms with Crippen LogP contribution in [0, 0.1) is 5.92 Å². The van der Waals surface area contributed by atoms with Crippen molar-refractivity contribution >= 4 is 29.2 Å². The van der Waals surface area contributed by atoms with Crippen LogP contribution in [0.5, 0.6) is 0 Å². The first-order valence-corrected chi connectivity index (χ1v) is 5.80. The van der Waals surface area contributed by atoms with Crippen molar-refractivity contribution in [1.29, 1.82) is 0 Å². The van der Waals surface area contributed by atoms with Crippen LogP contribution in [0.4, 0.5) is 5.69 Å². The summed E-state index contributed by atoms with van der Waals surface area (Å²) in [6.45, 7) is 3.61. The van der Waals surface area contributed by atoms with Gasteiger partial charge in [-0.05, 0) is 18.1 Å². The lowest BCUT2D eigenvalue weighted by molar-refractivity contribution is -0.118. The van der Waals surface area contributed by atoms with E-state index in [0.29, 0.717) is 0 Å². The fourth-order valence-corrected chi connectivity index (χ4v) is 1.62. The summed E-state index contributed by atoms with van der Waals surface area (Å²) in [5.74, 6) is -1.68. The van der Waals surface area contributed by atoms with E-state index in [0.717, 1.165) is 0 Å². The summed E-state index contributed by atoms with van der Waals surface area (Å²) in [5.41, 5.74) is 5.69. The number of carboxylic acid groups (broad SMARTS) is 1. The Hall–Kier alpha value is -1.59. The minimum Gasteiger partial charge on any atom is -0.478 e. The van der Waals surface area contributed by atoms with E-state index in [2.05, 4.69) is 5.32 Å². The molecule has 1 amide bonds. The molecule has 4 N–H and O–H groups in total. The van der Waals surface area contributed by atoms with Crippen LogP contribution >= 0.6 is 11.6 Å². The molecule has 0 fully saturated rings. The Bertz CT molecular complexity index is 474. The third-order valence-corrected chi connectivity index (χ3v) is 2.82. The molecular weight excluding hydrogens is 256 g/mol. The average molecular weight is 271 g/mol. The number of carbonyl (C=O) groups is 2. The SMILES string of the molecule is CC(C)[C@H](N)C(=O)Nc1cccc(Cl)c1C(=O)O. The van der Waals surface area contributed by atoms with Crippen molar-refractivity contribution in [2.45, 2.75) is 19.9 Å². The molecule has 5 nitrogen and oxygen atoms in total. The molecule has 6 heteroatoms. The van der Waals surface area contributed by atoms with Crippen molar-refractivity contribution in [3.8, 4) is 0 Å². The molecule has 1 rings (SSSR count). The smallest absolute Gasteiger partial charge is 0.339 e. The molecule has 0 spiro atoms. The molecule has 0 unspecified atom stereocenters. The highest BCUT2D eigenvalue weighted by molar-refractivity contribution is 6.34. The number of amides is 1. The number of nitrogens with two attached hydrogens (primary N) is 1. The maximum Gasteiger partial charge on any atom is 0.339 e. The minimum atomic E-state index is -1.20. The monoisotopic (exact) mass is 270 g/mol. The van der Waals surface area contributed by atoms with E-state index in [1.165, 1.54) is 12.1 Å². The fourth-order valence-electron chi connectivity index (χ4n) is 1.36. The summed E-state index contributed by atoms with van der Waals surface area (Å²) in [5, 5.41) is 11.6. The molecule has 98 valence electrons. The van der Waals surface area contributed by atoms with Crippen LogP contribution in [0.15, 0.2) is 18.2 Å². The van der Waals surface area contributed by atoms with Crippen molar-refractivity contribution in [3.63, 3.8) is 0 Å². The second kappa shape index (κ2) is 5.84. The lowest BCUT2D eigenvalue weighted by Crippen LogP contribution is -2.40. The second-order valence-corrected chi connectivity index (χ2v) is 4.63. The summed E-state index contributed by atoms with van der Waals surface area (Å²) in [7, 11) is 0. The number of nitrogens with one attached hydrogen (secondary N) is 1. The van der Waals surface area contributed by atoms with Gasteiger partial charge >= 0.3 is 5.97 Å². The van der Waals surface area contributed by atoms with Crippen molar-refractivity contribution in [2.24, 2.45) is 11.7 Å². The van der Waals surface area contributed by atoms with Gasteiger partial charge < -0.3 is 16.2 Å². The van der Waals surface area contributed by atoms with Crippen molar-refractivity contribution in [3.05, 3.63) is 28.8 Å². The summed E-state index contributed by atoms with van der Waals surface area (Å²) >= 11 is 5.79. The molecule has 1 atom stereocenters. The highest BCUT2D eigenvalue weighted by Crippen LogP contribution is 2.24. The van der Waals surface area contributed by atoms with Gasteiger partial charge in [-0.2, -0.15) is 0 Å². The van der Waals surface area contributed by atoms with Crippen LogP contribution < -0.4 is 11.1 Å². The van der Waals surface area contributed by atoms with Gasteiger partial charge in [0.25, 0.3) is 0 Å². The lowest BCUT2D eigenvalue weighted by atomic mass is 10.0. The summed E-state index contributed by atoms with van der Waals surface area (Å²) < 4.78 is 0. The molecule has 18 heavy (non-hydrogen) atoms. The van der Waals surface area contributed by atoms with Gasteiger partial charge in [-0.15, -0.1) is 0 Å². The van der Waals surface area contributed by atoms with Gasteiger partial charge in [0.15, 0.2) is 0 Å². The minimum absolute atomic E-state index is 0.0440. The Morgan fingerprint density at radius 2 is 2.00 bits per heavy atom. The average Bonchev–Trinajstić information content (AvgIpc) is 2.27. The fraction of sp³-hybridized carbons (Fsp3) is 0.333. The summed E-state index contributed by atoms with van der Waals surface area (Å²) in [6, 6.07) is 3.78. The van der Waals surface area contributed by atoms with E-state index in [4.69, 9.17) is 22.4 Å². The highest BCUT2D eigenvalue weighted by atomic mass is 35.5. The van der Waals surface area contributed by atoms with E-state index < -0.39 is 17.9 Å². The van der Waals surface area contributed by atoms with Gasteiger partial charge in [-0.3, -0.25) is 4.79 Å². The number of anilines is 1. The number of carbonyl (C=O) groups excluding carboxylic acids is 1. The molecule has 0 radical (unpaired) electrons. The number of rotatable bonds is 4. The molecule has 1 aromatic rings. The van der Waals surface area contributed by atoms with Crippen LogP contribution in [-0.2, 0) is 4.79 Å². The molecule has 0 aromatic heterocycles. The maximum absolute atomic E-state index is 11.8. The number of carboxylic acids is 1. The van der Waals surface area contributed by atoms with Crippen LogP contribution in [0.3, 0.4) is 0 Å². The van der Waals surface area contributed by atoms with Gasteiger partial charge in [-0.1, -0.05) is 31.5 Å². The number of benzene rings is 1. The van der Waals surface area contributed by atoms with Crippen molar-refractivity contribution in [1.82, 2.24) is 0 Å². The Morgan fingerprint density at radius 3 is 2.50 bits per heavy atom. The standard InChI is InChI=1S/C12H15ClN2O3/c1-6(2)10(14)11(16)15-8-5-3-4-7(13)9(8)12(17)18/h3-6,10H,14H2,1-2H3,(H,15,16)(H,17,18)/t10-/m0/s1. The zero-order chi connectivity index (χ0) is 13.9. The molecule has 0 aliphatic heterocycles. The first-order chi connectivity index (χ1) is 8.34. The molecule has 0 bridgehead atoms. The Morgan fingerprint density at radius 1 is 1.39 bits per heavy atom. The van der Waals surface area contributed by atoms with E-state index in [-0.39, 0.29) is 22.2 Å². The van der Waals surface area contributed by atoms with Crippen molar-refractivity contribution in [2.75, 3.05) is 5.32 Å². The second-order valence-electron chi connectivity index (χ2n) is 4.23. The highest BCUT2D eigenvalue weighted by Gasteiger charge is 2.21. The normalized spacial score (nSPS) is 12.3. The zero-order valence-electron chi connectivity index (χ0n) is 10.1. The topological polar surface area (TPSA) is 92.4 Å². The Kier molecular flexibility index (Phi) is 4.69. The largest absolute Gasteiger partial charge is 0.478 e. The lowest BCUT2D eigenvalue weighted by Gasteiger charge is -2.16. The van der Waals surface area contributed by atoms with Crippen LogP contribution in [0.1, 0.15) is 24.2 Å². The molecule has 0 heterocycles. The Labute approximate surface area is 110 Å². The predicted molar refractivity (Wildman–Crippen MR) is 69.9 cm³/mol. The molecule has 0 saturated heterocycles. The van der Waals surface area contributed by atoms with Gasteiger partial charge in [0.05, 0.1) is 16.8 Å². The molecule has 0 saturated carbocycles. The van der Waals surface area contributed by atoms with Gasteiger partial charge in [0.1, 0.15) is 5.56 Å². The van der Waals surface area contributed by atoms with Gasteiger partial charge in [0, 0.05) is 0 Å². The first kappa shape index (κ1) is 14.5. The molecule has 0 aliphatic rings. The van der Waals surface area contributed by atoms with E-state index in [9.17, 15) is 9.59 Å². The summed E-state index contributed by atoms with van der Waals surface area (Å²) in [6.07, 6.45) is 0. The first-order valence-electron chi connectivity index (χ1n) is 5.42. The maximum atomic E-state index is 11.8. The number of hydrogen-bond acceptors (Lipinski definition) is 3. The molecular formula is C12H15ClN2O3. The Balaban J connectivity index is 3.02. The van der Waals surface area contributed by atoms with Crippen LogP contribution in [-0.4, -0.2) is 23.0 Å². The van der Waals surface area contributed by atoms with Crippen molar-refractivity contribution < 1.29 is 14.7 Å². The van der Waals surface area contributed by atoms with Gasteiger partial charge in [-0.25, -0.2) is 4.79 Å². The summed E-state index contributed by atoms with van der Waals surface area (Å²) in [4.78, 5) is 22.8. The number of hydrogen-bond donors (Lipinski definition) is 3. The molecule has 0 aliphatic carbocycles. The van der Waals surface area contributed by atoms with E-state index in [1.807, 2.05) is 0 Å². The number of aromatic carboxylic acids is 1. The number of halogens is 1. The van der Waals surface area contributed by atoms with Crippen LogP contribution in [0.2, 0.25) is 5.02 Å². The van der Waals surface area contributed by atoms with E-state index in [1.54, 1.807) is 19.9 Å². The molecule has 1 aromatic carbocycles. The third kappa shape index (κ3) is 3.21. The quantitative estimate of drug-likeness (QED) is 0.780. The van der Waals surface area contributed by atoms with E-state index >= 15 is 0 Å². The van der Waals surface area contributed by atoms with Crippen LogP contribution in [0.25, 0.3) is 0 Å². The zero-order valence-corrected chi connectivity index (χ0v) is 10.9. The predicted octanol–water partition coefficient (Wildman–Crippen LogP) is 1.96. The third-order valence-electron chi connectivity index (χ3n) is 2.51. The van der Waals surface area contributed by atoms with Gasteiger partial charge in [0.2, 0.25) is 5.91 Å².